The molecule has 4 heterocycles. The van der Waals surface area contributed by atoms with Crippen LogP contribution in [0.5, 0.6) is 0 Å². The lowest BCUT2D eigenvalue weighted by molar-refractivity contribution is -0.367. The van der Waals surface area contributed by atoms with E-state index in [1.807, 2.05) is 0 Å². The third-order valence-corrected chi connectivity index (χ3v) is 16.3. The maximum atomic E-state index is 13.3. The Morgan fingerprint density at radius 3 is 2.13 bits per heavy atom. The standard InChI is InChI=1S/C42H64O19/c1-18-35(61-38-33(51)31(49)29(47)26(60-38)16-56-37-32(50)30(48)28(46)25(14-43)59-37)36(54-3)34(52)39(57-18)58-21-6-10-41(17-44)20(13-21)4-5-24-23(41)7-9-40(2)22(8-11-42(24,40)53)19-12-27(45)55-15-19/h12,17-18,20-26,28-39,43,46-53H,4-11,13-16H2,1-3H3/t18-,20+,21+,22?,23+,24+,25-,26-,28-,29-,30+,31+,32+,33+,34+,35-,36-,37-,38+,39+,40-,41-,42+/m0/s1. The Kier molecular flexibility index (Phi) is 13.2. The average Bonchev–Trinajstić information content (AvgIpc) is 3.80. The second-order valence-electron chi connectivity index (χ2n) is 19.1. The summed E-state index contributed by atoms with van der Waals surface area (Å²) in [6.07, 6.45) is -13.2. The topological polar surface area (TPSA) is 290 Å². The van der Waals surface area contributed by atoms with Crippen molar-refractivity contribution in [2.24, 2.45) is 34.5 Å². The van der Waals surface area contributed by atoms with Crippen LogP contribution in [0.2, 0.25) is 0 Å². The van der Waals surface area contributed by atoms with Gasteiger partial charge in [0, 0.05) is 24.0 Å². The van der Waals surface area contributed by atoms with E-state index < -0.39 is 122 Å². The first-order valence-electron chi connectivity index (χ1n) is 21.9. The van der Waals surface area contributed by atoms with Gasteiger partial charge in [-0.25, -0.2) is 4.79 Å². The molecule has 19 nitrogen and oxygen atoms in total. The number of ether oxygens (including phenoxy) is 8. The molecule has 0 radical (unpaired) electrons. The fraction of sp³-hybridized carbons (Fsp3) is 0.905. The lowest BCUT2D eigenvalue weighted by Gasteiger charge is -2.63. The molecule has 4 aliphatic heterocycles. The fourth-order valence-corrected chi connectivity index (χ4v) is 12.9. The van der Waals surface area contributed by atoms with Gasteiger partial charge in [-0.05, 0) is 94.0 Å². The number of cyclic esters (lactones) is 1. The van der Waals surface area contributed by atoms with Gasteiger partial charge in [-0.2, -0.15) is 0 Å². The molecule has 61 heavy (non-hydrogen) atoms. The van der Waals surface area contributed by atoms with E-state index in [-0.39, 0.29) is 42.4 Å². The first-order chi connectivity index (χ1) is 29.0. The van der Waals surface area contributed by atoms with E-state index in [2.05, 4.69) is 6.92 Å². The number of esters is 1. The van der Waals surface area contributed by atoms with Crippen LogP contribution in [0, 0.1) is 34.5 Å². The molecule has 0 bridgehead atoms. The van der Waals surface area contributed by atoms with Gasteiger partial charge in [0.05, 0.1) is 31.0 Å². The average molecular weight is 873 g/mol. The molecule has 4 saturated carbocycles. The van der Waals surface area contributed by atoms with E-state index in [4.69, 9.17) is 37.9 Å². The smallest absolute Gasteiger partial charge is 0.331 e. The van der Waals surface area contributed by atoms with Gasteiger partial charge in [0.2, 0.25) is 0 Å². The minimum atomic E-state index is -1.79. The second-order valence-corrected chi connectivity index (χ2v) is 19.1. The molecule has 9 N–H and O–H groups in total. The summed E-state index contributed by atoms with van der Waals surface area (Å²) in [4.78, 5) is 25.3. The quantitative estimate of drug-likeness (QED) is 0.0613. The van der Waals surface area contributed by atoms with Gasteiger partial charge < -0.3 is 88.6 Å². The highest BCUT2D eigenvalue weighted by Gasteiger charge is 2.69. The zero-order chi connectivity index (χ0) is 43.8. The van der Waals surface area contributed by atoms with Crippen molar-refractivity contribution in [2.45, 2.75) is 175 Å². The molecule has 0 aromatic rings. The number of hydrogen-bond donors (Lipinski definition) is 9. The van der Waals surface area contributed by atoms with Crippen molar-refractivity contribution in [1.82, 2.24) is 0 Å². The predicted octanol–water partition coefficient (Wildman–Crippen LogP) is -2.06. The number of aldehydes is 1. The molecule has 0 spiro atoms. The first-order valence-corrected chi connectivity index (χ1v) is 21.9. The summed E-state index contributed by atoms with van der Waals surface area (Å²) >= 11 is 0. The SMILES string of the molecule is CO[C@H]1[C@@H](O)[C@@H](O[C@@H]2CC[C@]3(C=O)[C@H](CC[C@@H]4[C@H]3CC[C@@]3(C)C(C5=CC(=O)OC5)CC[C@@]43O)C2)O[C@@H](C)[C@@H]1O[C@H]1O[C@@H](CO[C@H]2O[C@@H](CO)[C@H](O)[C@@H](O)[C@H]2O)[C@H](O)[C@@H](O)[C@H]1O. The largest absolute Gasteiger partial charge is 0.458 e. The van der Waals surface area contributed by atoms with Crippen LogP contribution in [0.4, 0.5) is 0 Å². The molecular weight excluding hydrogens is 808 g/mol. The van der Waals surface area contributed by atoms with Gasteiger partial charge in [0.25, 0.3) is 0 Å². The predicted molar refractivity (Wildman–Crippen MR) is 203 cm³/mol. The van der Waals surface area contributed by atoms with E-state index in [1.165, 1.54) is 7.11 Å². The van der Waals surface area contributed by atoms with Crippen LogP contribution in [-0.4, -0.2) is 189 Å². The molecule has 3 saturated heterocycles. The van der Waals surface area contributed by atoms with Crippen molar-refractivity contribution < 1.29 is 93.4 Å². The molecule has 0 aromatic heterocycles. The lowest BCUT2D eigenvalue weighted by atomic mass is 9.43. The Hall–Kier alpha value is -1.76. The number of fused-ring (bicyclic) bond motifs is 5. The molecular formula is C42H64O19. The van der Waals surface area contributed by atoms with Gasteiger partial charge in [-0.1, -0.05) is 6.92 Å². The highest BCUT2D eigenvalue weighted by molar-refractivity contribution is 5.85. The number of methoxy groups -OCH3 is 1. The van der Waals surface area contributed by atoms with Crippen molar-refractivity contribution in [3.8, 4) is 0 Å². The van der Waals surface area contributed by atoms with Crippen molar-refractivity contribution in [3.05, 3.63) is 11.6 Å². The Bertz CT molecular complexity index is 1620. The van der Waals surface area contributed by atoms with Crippen LogP contribution in [0.1, 0.15) is 71.6 Å². The minimum Gasteiger partial charge on any atom is -0.458 e. The van der Waals surface area contributed by atoms with Crippen LogP contribution in [0.3, 0.4) is 0 Å². The van der Waals surface area contributed by atoms with Gasteiger partial charge in [0.15, 0.2) is 18.9 Å². The molecule has 19 heteroatoms. The first kappa shape index (κ1) is 45.8. The Balaban J connectivity index is 0.887. The summed E-state index contributed by atoms with van der Waals surface area (Å²) in [6.45, 7) is 2.83. The number of aliphatic hydroxyl groups excluding tert-OH is 8. The van der Waals surface area contributed by atoms with Gasteiger partial charge in [-0.3, -0.25) is 0 Å². The highest BCUT2D eigenvalue weighted by Crippen LogP contribution is 2.69. The summed E-state index contributed by atoms with van der Waals surface area (Å²) < 4.78 is 46.4. The molecule has 8 aliphatic rings. The van der Waals surface area contributed by atoms with Crippen LogP contribution >= 0.6 is 0 Å². The monoisotopic (exact) mass is 872 g/mol. The van der Waals surface area contributed by atoms with Crippen molar-refractivity contribution >= 4 is 12.3 Å². The van der Waals surface area contributed by atoms with Crippen LogP contribution in [-0.2, 0) is 47.5 Å². The van der Waals surface area contributed by atoms with E-state index in [0.717, 1.165) is 44.0 Å². The van der Waals surface area contributed by atoms with Crippen LogP contribution in [0.15, 0.2) is 11.6 Å². The van der Waals surface area contributed by atoms with Crippen molar-refractivity contribution in [1.29, 1.82) is 0 Å². The molecule has 346 valence electrons. The minimum absolute atomic E-state index is 0.000150. The molecule has 4 aliphatic carbocycles. The van der Waals surface area contributed by atoms with E-state index in [1.54, 1.807) is 13.0 Å². The zero-order valence-electron chi connectivity index (χ0n) is 34.8. The van der Waals surface area contributed by atoms with Gasteiger partial charge >= 0.3 is 5.97 Å². The van der Waals surface area contributed by atoms with E-state index in [9.17, 15) is 55.5 Å². The summed E-state index contributed by atoms with van der Waals surface area (Å²) in [5.74, 6) is -0.343. The number of carbonyl (C=O) groups is 2. The maximum absolute atomic E-state index is 13.3. The van der Waals surface area contributed by atoms with E-state index in [0.29, 0.717) is 25.7 Å². The number of aliphatic hydroxyl groups is 9. The van der Waals surface area contributed by atoms with Crippen LogP contribution < -0.4 is 0 Å². The Labute approximate surface area is 353 Å². The number of carbonyl (C=O) groups excluding carboxylic acids is 2. The van der Waals surface area contributed by atoms with E-state index >= 15 is 0 Å². The highest BCUT2D eigenvalue weighted by atomic mass is 16.8. The zero-order valence-corrected chi connectivity index (χ0v) is 34.8. The Morgan fingerprint density at radius 1 is 0.770 bits per heavy atom. The summed E-state index contributed by atoms with van der Waals surface area (Å²) in [7, 11) is 1.36. The van der Waals surface area contributed by atoms with Gasteiger partial charge in [0.1, 0.15) is 80.0 Å². The summed E-state index contributed by atoms with van der Waals surface area (Å²) in [6, 6.07) is 0. The number of rotatable bonds is 11. The lowest BCUT2D eigenvalue weighted by Crippen LogP contribution is -2.65. The third-order valence-electron chi connectivity index (χ3n) is 16.3. The van der Waals surface area contributed by atoms with Gasteiger partial charge in [-0.15, -0.1) is 0 Å². The molecule has 0 aromatic carbocycles. The Morgan fingerprint density at radius 2 is 1.46 bits per heavy atom. The van der Waals surface area contributed by atoms with Crippen molar-refractivity contribution in [3.63, 3.8) is 0 Å². The summed E-state index contributed by atoms with van der Waals surface area (Å²) in [5, 5.41) is 96.6. The summed E-state index contributed by atoms with van der Waals surface area (Å²) in [5.41, 5.74) is -1.07. The fourth-order valence-electron chi connectivity index (χ4n) is 12.9. The number of hydrogen-bond acceptors (Lipinski definition) is 19. The normalized spacial score (nSPS) is 53.6. The molecule has 1 unspecified atom stereocenters. The molecule has 23 atom stereocenters. The molecule has 0 amide bonds. The van der Waals surface area contributed by atoms with Crippen LogP contribution in [0.25, 0.3) is 0 Å². The second kappa shape index (κ2) is 17.6. The molecule has 7 fully saturated rings. The molecule has 8 rings (SSSR count). The maximum Gasteiger partial charge on any atom is 0.331 e. The third kappa shape index (κ3) is 7.64. The van der Waals surface area contributed by atoms with Crippen molar-refractivity contribution in [2.75, 3.05) is 26.9 Å².